The summed E-state index contributed by atoms with van der Waals surface area (Å²) >= 11 is 6.30. The Morgan fingerprint density at radius 3 is 2.58 bits per heavy atom. The van der Waals surface area contributed by atoms with Crippen LogP contribution < -0.4 is 38.4 Å². The molecule has 0 bridgehead atoms. The minimum atomic E-state index is -0.158. The van der Waals surface area contributed by atoms with Gasteiger partial charge in [0.05, 0.1) is 52.0 Å². The Morgan fingerprint density at radius 2 is 1.90 bits per heavy atom. The predicted octanol–water partition coefficient (Wildman–Crippen LogP) is 0.818. The van der Waals surface area contributed by atoms with E-state index < -0.39 is 0 Å². The zero-order chi connectivity index (χ0) is 21.7. The zero-order valence-electron chi connectivity index (χ0n) is 18.1. The lowest BCUT2D eigenvalue weighted by atomic mass is 10.0. The molecule has 0 aliphatic carbocycles. The second kappa shape index (κ2) is 11.2. The van der Waals surface area contributed by atoms with E-state index in [2.05, 4.69) is 0 Å². The molecule has 0 spiro atoms. The number of ether oxygens (including phenoxy) is 2. The molecule has 2 aromatic rings. The van der Waals surface area contributed by atoms with Crippen molar-refractivity contribution in [3.63, 3.8) is 0 Å². The minimum absolute atomic E-state index is 0. The van der Waals surface area contributed by atoms with Crippen LogP contribution in [-0.2, 0) is 4.79 Å². The fourth-order valence-electron chi connectivity index (χ4n) is 3.23. The Kier molecular flexibility index (Phi) is 9.14. The molecule has 0 fully saturated rings. The van der Waals surface area contributed by atoms with E-state index in [1.54, 1.807) is 17.0 Å². The van der Waals surface area contributed by atoms with Crippen molar-refractivity contribution in [3.05, 3.63) is 53.1 Å². The highest BCUT2D eigenvalue weighted by molar-refractivity contribution is 6.31. The van der Waals surface area contributed by atoms with Gasteiger partial charge in [0.15, 0.2) is 18.1 Å². The summed E-state index contributed by atoms with van der Waals surface area (Å²) in [7, 11) is 6.11. The standard InChI is InChI=1S/C23H28ClN2O4.HI/c1-26(2,3)12-10-21(27)19-14-17(24)15-20-23(19)30-16-22(28)25(20)11-7-13-29-18-8-5-4-6-9-18;/h4-6,8-9,14-15H,7,10-13,16H2,1-3H3;1H/q+1;/p-1. The number of fused-ring (bicyclic) bond motifs is 1. The van der Waals surface area contributed by atoms with Crippen LogP contribution in [0.5, 0.6) is 11.5 Å². The van der Waals surface area contributed by atoms with E-state index in [9.17, 15) is 9.59 Å². The van der Waals surface area contributed by atoms with Crippen LogP contribution in [0.1, 0.15) is 23.2 Å². The van der Waals surface area contributed by atoms with Gasteiger partial charge in [0, 0.05) is 11.6 Å². The summed E-state index contributed by atoms with van der Waals surface area (Å²) < 4.78 is 12.1. The zero-order valence-corrected chi connectivity index (χ0v) is 21.0. The molecule has 2 aromatic carbocycles. The van der Waals surface area contributed by atoms with Crippen molar-refractivity contribution in [1.82, 2.24) is 0 Å². The van der Waals surface area contributed by atoms with Crippen LogP contribution in [0.4, 0.5) is 5.69 Å². The molecule has 1 aliphatic rings. The second-order valence-corrected chi connectivity index (χ2v) is 8.77. The van der Waals surface area contributed by atoms with Gasteiger partial charge in [0.1, 0.15) is 5.75 Å². The SMILES string of the molecule is C[N+](C)(C)CCC(=O)c1cc(Cl)cc2c1OCC(=O)N2CCCOc1ccccc1.[I-]. The lowest BCUT2D eigenvalue weighted by Crippen LogP contribution is -3.00. The Morgan fingerprint density at radius 1 is 1.19 bits per heavy atom. The van der Waals surface area contributed by atoms with Gasteiger partial charge in [-0.15, -0.1) is 0 Å². The Balaban J connectivity index is 0.00000341. The average Bonchev–Trinajstić information content (AvgIpc) is 2.70. The number of carbonyl (C=O) groups excluding carboxylic acids is 2. The number of nitrogens with zero attached hydrogens (tertiary/aromatic N) is 2. The number of rotatable bonds is 9. The van der Waals surface area contributed by atoms with Crippen LogP contribution in [0.25, 0.3) is 0 Å². The molecule has 0 N–H and O–H groups in total. The molecule has 0 aromatic heterocycles. The van der Waals surface area contributed by atoms with Gasteiger partial charge in [-0.3, -0.25) is 9.59 Å². The topological polar surface area (TPSA) is 55.8 Å². The molecule has 1 aliphatic heterocycles. The lowest BCUT2D eigenvalue weighted by Gasteiger charge is -2.31. The van der Waals surface area contributed by atoms with Crippen LogP contribution in [0.3, 0.4) is 0 Å². The van der Waals surface area contributed by atoms with Gasteiger partial charge in [0.25, 0.3) is 5.91 Å². The third-order valence-electron chi connectivity index (χ3n) is 4.81. The molecule has 8 heteroatoms. The molecule has 0 saturated heterocycles. The molecule has 3 rings (SSSR count). The fourth-order valence-corrected chi connectivity index (χ4v) is 3.44. The van der Waals surface area contributed by atoms with Crippen LogP contribution >= 0.6 is 11.6 Å². The molecule has 1 heterocycles. The highest BCUT2D eigenvalue weighted by atomic mass is 127. The normalized spacial score (nSPS) is 13.2. The number of carbonyl (C=O) groups is 2. The van der Waals surface area contributed by atoms with Gasteiger partial charge in [-0.2, -0.15) is 0 Å². The molecule has 0 atom stereocenters. The maximum atomic E-state index is 12.8. The first-order chi connectivity index (χ1) is 14.2. The minimum Gasteiger partial charge on any atom is -1.00 e. The number of para-hydroxylation sites is 1. The van der Waals surface area contributed by atoms with E-state index in [-0.39, 0.29) is 42.3 Å². The molecule has 31 heavy (non-hydrogen) atoms. The summed E-state index contributed by atoms with van der Waals surface area (Å²) in [5.74, 6) is 1.03. The first kappa shape index (κ1) is 25.4. The van der Waals surface area contributed by atoms with Crippen molar-refractivity contribution >= 4 is 29.0 Å². The first-order valence-electron chi connectivity index (χ1n) is 10.0. The van der Waals surface area contributed by atoms with Crippen LogP contribution in [0.15, 0.2) is 42.5 Å². The number of halogens is 2. The number of benzene rings is 2. The number of hydrogen-bond acceptors (Lipinski definition) is 4. The second-order valence-electron chi connectivity index (χ2n) is 8.34. The van der Waals surface area contributed by atoms with E-state index in [1.165, 1.54) is 0 Å². The Hall–Kier alpha value is -1.84. The summed E-state index contributed by atoms with van der Waals surface area (Å²) in [6.45, 7) is 1.53. The fraction of sp³-hybridized carbons (Fsp3) is 0.391. The number of Topliss-reactive ketones (excluding diaryl/α,β-unsaturated/α-hetero) is 1. The van der Waals surface area contributed by atoms with E-state index in [0.29, 0.717) is 59.0 Å². The molecular formula is C23H28ClIN2O4. The maximum absolute atomic E-state index is 12.8. The van der Waals surface area contributed by atoms with Gasteiger partial charge in [-0.25, -0.2) is 0 Å². The van der Waals surface area contributed by atoms with E-state index >= 15 is 0 Å². The van der Waals surface area contributed by atoms with Gasteiger partial charge >= 0.3 is 0 Å². The number of amides is 1. The third-order valence-corrected chi connectivity index (χ3v) is 5.03. The highest BCUT2D eigenvalue weighted by Gasteiger charge is 2.30. The molecule has 0 unspecified atom stereocenters. The number of quaternary nitrogens is 1. The van der Waals surface area contributed by atoms with Crippen molar-refractivity contribution in [1.29, 1.82) is 0 Å². The monoisotopic (exact) mass is 558 g/mol. The van der Waals surface area contributed by atoms with Crippen molar-refractivity contribution in [2.75, 3.05) is 52.3 Å². The smallest absolute Gasteiger partial charge is 0.265 e. The van der Waals surface area contributed by atoms with E-state index in [4.69, 9.17) is 21.1 Å². The largest absolute Gasteiger partial charge is 1.00 e. The van der Waals surface area contributed by atoms with Gasteiger partial charge in [-0.1, -0.05) is 29.8 Å². The lowest BCUT2D eigenvalue weighted by molar-refractivity contribution is -0.869. The summed E-state index contributed by atoms with van der Waals surface area (Å²) in [5, 5.41) is 0.409. The van der Waals surface area contributed by atoms with Crippen molar-refractivity contribution < 1.29 is 47.5 Å². The Labute approximate surface area is 205 Å². The number of anilines is 1. The predicted molar refractivity (Wildman–Crippen MR) is 118 cm³/mol. The number of hydrogen-bond donors (Lipinski definition) is 0. The van der Waals surface area contributed by atoms with Crippen molar-refractivity contribution in [3.8, 4) is 11.5 Å². The molecule has 6 nitrogen and oxygen atoms in total. The van der Waals surface area contributed by atoms with E-state index in [0.717, 1.165) is 5.75 Å². The third kappa shape index (κ3) is 7.08. The van der Waals surface area contributed by atoms with E-state index in [1.807, 2.05) is 51.5 Å². The molecule has 0 saturated carbocycles. The van der Waals surface area contributed by atoms with Crippen molar-refractivity contribution in [2.45, 2.75) is 12.8 Å². The van der Waals surface area contributed by atoms with Gasteiger partial charge in [0.2, 0.25) is 0 Å². The van der Waals surface area contributed by atoms with Crippen LogP contribution in [-0.4, -0.2) is 63.6 Å². The molecular weight excluding hydrogens is 531 g/mol. The highest BCUT2D eigenvalue weighted by Crippen LogP contribution is 2.39. The average molecular weight is 559 g/mol. The first-order valence-corrected chi connectivity index (χ1v) is 10.4. The summed E-state index contributed by atoms with van der Waals surface area (Å²) in [6.07, 6.45) is 1.01. The van der Waals surface area contributed by atoms with Crippen LogP contribution in [0.2, 0.25) is 5.02 Å². The molecule has 168 valence electrons. The molecule has 0 radical (unpaired) electrons. The van der Waals surface area contributed by atoms with Crippen molar-refractivity contribution in [2.24, 2.45) is 0 Å². The Bertz CT molecular complexity index is 916. The summed E-state index contributed by atoms with van der Waals surface area (Å²) in [5.41, 5.74) is 0.982. The van der Waals surface area contributed by atoms with Gasteiger partial charge in [-0.05, 0) is 30.7 Å². The summed E-state index contributed by atoms with van der Waals surface area (Å²) in [4.78, 5) is 27.0. The molecule has 1 amide bonds. The van der Waals surface area contributed by atoms with Crippen LogP contribution in [0, 0.1) is 0 Å². The number of ketones is 1. The van der Waals surface area contributed by atoms with Gasteiger partial charge < -0.3 is 42.8 Å². The maximum Gasteiger partial charge on any atom is 0.265 e. The quantitative estimate of drug-likeness (QED) is 0.198. The summed E-state index contributed by atoms with van der Waals surface area (Å²) in [6, 6.07) is 12.9.